The number of primary amides is 1. The zero-order valence-corrected chi connectivity index (χ0v) is 27.4. The number of likely N-dealkylation sites (tertiary alicyclic amines) is 1. The molecular weight excluding hydrogens is 578 g/mol. The summed E-state index contributed by atoms with van der Waals surface area (Å²) in [5.41, 5.74) is 12.1. The predicted molar refractivity (Wildman–Crippen MR) is 170 cm³/mol. The van der Waals surface area contributed by atoms with E-state index >= 15 is 0 Å². The van der Waals surface area contributed by atoms with E-state index in [-0.39, 0.29) is 82.0 Å². The van der Waals surface area contributed by atoms with Crippen LogP contribution >= 0.6 is 0 Å². The lowest BCUT2D eigenvalue weighted by atomic mass is 10.2. The van der Waals surface area contributed by atoms with Crippen LogP contribution in [-0.4, -0.2) is 124 Å². The number of hydrogen-bond donors (Lipinski definition) is 2. The Bertz CT molecular complexity index is 1180. The van der Waals surface area contributed by atoms with Gasteiger partial charge in [0.2, 0.25) is 35.4 Å². The summed E-state index contributed by atoms with van der Waals surface area (Å²) in [4.78, 5) is 85.0. The van der Waals surface area contributed by atoms with Crippen LogP contribution in [0, 0.1) is 5.92 Å². The Morgan fingerprint density at radius 3 is 2.02 bits per heavy atom. The van der Waals surface area contributed by atoms with Crippen LogP contribution in [0.5, 0.6) is 0 Å². The molecule has 4 N–H and O–H groups in total. The van der Waals surface area contributed by atoms with Crippen LogP contribution in [0.1, 0.15) is 59.4 Å². The van der Waals surface area contributed by atoms with Crippen LogP contribution < -0.4 is 11.5 Å². The first-order chi connectivity index (χ1) is 21.2. The summed E-state index contributed by atoms with van der Waals surface area (Å²) in [6.07, 6.45) is 1.57. The molecule has 0 spiro atoms. The summed E-state index contributed by atoms with van der Waals surface area (Å²) in [5, 5.41) is 0. The van der Waals surface area contributed by atoms with Crippen LogP contribution in [-0.2, 0) is 35.3 Å². The van der Waals surface area contributed by atoms with Gasteiger partial charge < -0.3 is 36.0 Å². The second kappa shape index (κ2) is 18.1. The second-order valence-corrected chi connectivity index (χ2v) is 12.2. The van der Waals surface area contributed by atoms with Crippen molar-refractivity contribution < 1.29 is 28.8 Å². The Morgan fingerprint density at radius 1 is 0.867 bits per heavy atom. The molecule has 13 heteroatoms. The largest absolute Gasteiger partial charge is 0.368 e. The van der Waals surface area contributed by atoms with Gasteiger partial charge in [-0.3, -0.25) is 28.8 Å². The maximum atomic E-state index is 13.6. The minimum absolute atomic E-state index is 0.0398. The zero-order valence-electron chi connectivity index (χ0n) is 27.4. The lowest BCUT2D eigenvalue weighted by Gasteiger charge is -2.33. The molecule has 1 saturated heterocycles. The van der Waals surface area contributed by atoms with Crippen molar-refractivity contribution in [2.75, 3.05) is 52.4 Å². The molecule has 0 saturated carbocycles. The molecule has 1 unspecified atom stereocenters. The standard InChI is InChI=1S/C32H51N7O6/c1-23(2)17-37(29(42)19-36(25(5)40)18-26-11-7-6-8-12-26)20-28(41)35(15-10-14-33)21-30(43)39(24(3)4)22-31(44)38-16-9-13-27(38)32(34)45/h6-8,11-12,23-24,27H,9-10,13-22,33H2,1-5H3,(H2,34,45). The number of carbonyl (C=O) groups is 6. The Kier molecular flexibility index (Phi) is 14.9. The Labute approximate surface area is 266 Å². The number of rotatable bonds is 17. The number of amides is 6. The van der Waals surface area contributed by atoms with Crippen molar-refractivity contribution in [2.45, 2.75) is 72.5 Å². The number of benzene rings is 1. The quantitative estimate of drug-likeness (QED) is 0.251. The average Bonchev–Trinajstić information content (AvgIpc) is 3.48. The number of hydrogen-bond acceptors (Lipinski definition) is 7. The van der Waals surface area contributed by atoms with Crippen LogP contribution in [0.15, 0.2) is 30.3 Å². The van der Waals surface area contributed by atoms with Crippen molar-refractivity contribution in [1.82, 2.24) is 24.5 Å². The van der Waals surface area contributed by atoms with Gasteiger partial charge in [-0.05, 0) is 51.1 Å². The van der Waals surface area contributed by atoms with Gasteiger partial charge in [0.15, 0.2) is 0 Å². The Morgan fingerprint density at radius 2 is 1.47 bits per heavy atom. The predicted octanol–water partition coefficient (Wildman–Crippen LogP) is 0.410. The highest BCUT2D eigenvalue weighted by molar-refractivity contribution is 5.92. The van der Waals surface area contributed by atoms with Crippen molar-refractivity contribution in [3.63, 3.8) is 0 Å². The van der Waals surface area contributed by atoms with E-state index in [1.807, 2.05) is 44.2 Å². The molecular formula is C32H51N7O6. The van der Waals surface area contributed by atoms with Gasteiger partial charge in [-0.25, -0.2) is 0 Å². The third-order valence-corrected chi connectivity index (χ3v) is 7.71. The van der Waals surface area contributed by atoms with Gasteiger partial charge in [-0.2, -0.15) is 0 Å². The second-order valence-electron chi connectivity index (χ2n) is 12.2. The third kappa shape index (κ3) is 11.8. The fraction of sp³-hybridized carbons (Fsp3) is 0.625. The van der Waals surface area contributed by atoms with Gasteiger partial charge in [-0.15, -0.1) is 0 Å². The summed E-state index contributed by atoms with van der Waals surface area (Å²) in [7, 11) is 0. The highest BCUT2D eigenvalue weighted by Gasteiger charge is 2.35. The fourth-order valence-electron chi connectivity index (χ4n) is 5.29. The summed E-state index contributed by atoms with van der Waals surface area (Å²) in [6, 6.07) is 8.28. The summed E-state index contributed by atoms with van der Waals surface area (Å²) in [5.74, 6) is -2.43. The van der Waals surface area contributed by atoms with Crippen molar-refractivity contribution in [1.29, 1.82) is 0 Å². The molecule has 1 fully saturated rings. The molecule has 45 heavy (non-hydrogen) atoms. The minimum atomic E-state index is -0.694. The van der Waals surface area contributed by atoms with Gasteiger partial charge in [0.05, 0.1) is 13.1 Å². The fourth-order valence-corrected chi connectivity index (χ4v) is 5.29. The summed E-state index contributed by atoms with van der Waals surface area (Å²) < 4.78 is 0. The van der Waals surface area contributed by atoms with E-state index in [0.29, 0.717) is 25.8 Å². The third-order valence-electron chi connectivity index (χ3n) is 7.71. The number of nitrogens with zero attached hydrogens (tertiary/aromatic N) is 5. The van der Waals surface area contributed by atoms with E-state index < -0.39 is 23.8 Å². The Hall–Kier alpha value is -4.00. The highest BCUT2D eigenvalue weighted by Crippen LogP contribution is 2.18. The first-order valence-electron chi connectivity index (χ1n) is 15.7. The first-order valence-corrected chi connectivity index (χ1v) is 15.7. The van der Waals surface area contributed by atoms with E-state index in [4.69, 9.17) is 11.5 Å². The van der Waals surface area contributed by atoms with Gasteiger partial charge in [0.25, 0.3) is 0 Å². The molecule has 0 aliphatic carbocycles. The topological polar surface area (TPSA) is 171 Å². The van der Waals surface area contributed by atoms with Crippen LogP contribution in [0.4, 0.5) is 0 Å². The molecule has 1 aliphatic heterocycles. The van der Waals surface area contributed by atoms with Crippen molar-refractivity contribution in [3.8, 4) is 0 Å². The van der Waals surface area contributed by atoms with Gasteiger partial charge in [-0.1, -0.05) is 44.2 Å². The SMILES string of the molecule is CC(=O)N(CC(=O)N(CC(=O)N(CCCN)CC(=O)N(CC(=O)N1CCCC1C(N)=O)C(C)C)CC(C)C)Cc1ccccc1. The molecule has 1 aromatic rings. The van der Waals surface area contributed by atoms with Crippen LogP contribution in [0.3, 0.4) is 0 Å². The highest BCUT2D eigenvalue weighted by atomic mass is 16.2. The van der Waals surface area contributed by atoms with Gasteiger partial charge in [0.1, 0.15) is 19.1 Å². The summed E-state index contributed by atoms with van der Waals surface area (Å²) in [6.45, 7) is 9.16. The molecule has 1 atom stereocenters. The average molecular weight is 630 g/mol. The number of nitrogens with two attached hydrogens (primary N) is 2. The lowest BCUT2D eigenvalue weighted by molar-refractivity contribution is -0.148. The molecule has 6 amide bonds. The lowest BCUT2D eigenvalue weighted by Crippen LogP contribution is -2.53. The molecule has 1 aliphatic rings. The molecule has 13 nitrogen and oxygen atoms in total. The van der Waals surface area contributed by atoms with Gasteiger partial charge >= 0.3 is 0 Å². The molecule has 1 aromatic carbocycles. The summed E-state index contributed by atoms with van der Waals surface area (Å²) >= 11 is 0. The molecule has 1 heterocycles. The van der Waals surface area contributed by atoms with E-state index in [2.05, 4.69) is 0 Å². The van der Waals surface area contributed by atoms with E-state index in [9.17, 15) is 28.8 Å². The molecule has 0 bridgehead atoms. The normalized spacial score (nSPS) is 14.4. The van der Waals surface area contributed by atoms with E-state index in [1.165, 1.54) is 31.4 Å². The van der Waals surface area contributed by atoms with Crippen molar-refractivity contribution >= 4 is 35.4 Å². The minimum Gasteiger partial charge on any atom is -0.368 e. The smallest absolute Gasteiger partial charge is 0.242 e. The number of carbonyl (C=O) groups excluding carboxylic acids is 6. The monoisotopic (exact) mass is 629 g/mol. The van der Waals surface area contributed by atoms with Crippen LogP contribution in [0.2, 0.25) is 0 Å². The first kappa shape index (κ1) is 37.2. The zero-order chi connectivity index (χ0) is 33.7. The molecule has 0 aromatic heterocycles. The maximum Gasteiger partial charge on any atom is 0.242 e. The van der Waals surface area contributed by atoms with E-state index in [1.54, 1.807) is 13.8 Å². The van der Waals surface area contributed by atoms with E-state index in [0.717, 1.165) is 5.56 Å². The maximum absolute atomic E-state index is 13.6. The van der Waals surface area contributed by atoms with Crippen molar-refractivity contribution in [2.24, 2.45) is 17.4 Å². The van der Waals surface area contributed by atoms with Crippen molar-refractivity contribution in [3.05, 3.63) is 35.9 Å². The van der Waals surface area contributed by atoms with Gasteiger partial charge in [0, 0.05) is 39.1 Å². The molecule has 2 rings (SSSR count). The van der Waals surface area contributed by atoms with Crippen LogP contribution in [0.25, 0.3) is 0 Å². The molecule has 250 valence electrons. The Balaban J connectivity index is 2.18. The molecule has 0 radical (unpaired) electrons.